The van der Waals surface area contributed by atoms with Crippen LogP contribution in [0.4, 0.5) is 0 Å². The number of amides is 3. The van der Waals surface area contributed by atoms with E-state index < -0.39 is 11.3 Å². The van der Waals surface area contributed by atoms with E-state index in [-0.39, 0.29) is 29.5 Å². The number of hydrogen-bond acceptors (Lipinski definition) is 4. The smallest absolute Gasteiger partial charge is 0.254 e. The summed E-state index contributed by atoms with van der Waals surface area (Å²) in [6.45, 7) is 0.885. The Labute approximate surface area is 160 Å². The van der Waals surface area contributed by atoms with Gasteiger partial charge in [-0.1, -0.05) is 6.07 Å². The van der Waals surface area contributed by atoms with Gasteiger partial charge < -0.3 is 20.5 Å². The van der Waals surface area contributed by atoms with Crippen LogP contribution in [-0.4, -0.2) is 57.7 Å². The van der Waals surface area contributed by atoms with Crippen molar-refractivity contribution in [3.05, 3.63) is 46.2 Å². The molecular weight excluding hydrogens is 360 g/mol. The van der Waals surface area contributed by atoms with Crippen LogP contribution in [0.5, 0.6) is 0 Å². The van der Waals surface area contributed by atoms with Crippen molar-refractivity contribution in [3.63, 3.8) is 0 Å². The van der Waals surface area contributed by atoms with Gasteiger partial charge in [-0.15, -0.1) is 0 Å². The number of aromatic nitrogens is 1. The van der Waals surface area contributed by atoms with E-state index in [1.54, 1.807) is 34.1 Å². The second-order valence-corrected chi connectivity index (χ2v) is 7.99. The van der Waals surface area contributed by atoms with Crippen molar-refractivity contribution in [2.45, 2.75) is 31.3 Å². The highest BCUT2D eigenvalue weighted by molar-refractivity contribution is 6.08. The van der Waals surface area contributed by atoms with Crippen LogP contribution in [0.1, 0.15) is 29.6 Å². The summed E-state index contributed by atoms with van der Waals surface area (Å²) in [4.78, 5) is 55.5. The van der Waals surface area contributed by atoms with Crippen LogP contribution in [0.15, 0.2) is 35.1 Å². The zero-order valence-corrected chi connectivity index (χ0v) is 15.2. The van der Waals surface area contributed by atoms with Crippen molar-refractivity contribution in [1.82, 2.24) is 14.8 Å². The summed E-state index contributed by atoms with van der Waals surface area (Å²) >= 11 is 0. The normalized spacial score (nSPS) is 24.6. The third-order valence-corrected chi connectivity index (χ3v) is 6.39. The van der Waals surface area contributed by atoms with E-state index in [4.69, 9.17) is 5.73 Å². The van der Waals surface area contributed by atoms with Gasteiger partial charge in [0.1, 0.15) is 5.41 Å². The van der Waals surface area contributed by atoms with Gasteiger partial charge in [-0.05, 0) is 37.5 Å². The van der Waals surface area contributed by atoms with Crippen molar-refractivity contribution in [2.75, 3.05) is 13.1 Å². The molecule has 2 aromatic rings. The second kappa shape index (κ2) is 5.67. The molecule has 8 heteroatoms. The zero-order chi connectivity index (χ0) is 19.6. The summed E-state index contributed by atoms with van der Waals surface area (Å²) < 4.78 is 0. The first-order valence-electron chi connectivity index (χ1n) is 9.45. The summed E-state index contributed by atoms with van der Waals surface area (Å²) in [6, 6.07) is 8.20. The lowest BCUT2D eigenvalue weighted by molar-refractivity contribution is -0.144. The fourth-order valence-corrected chi connectivity index (χ4v) is 4.66. The number of hydrogen-bond donors (Lipinski definition) is 2. The van der Waals surface area contributed by atoms with Gasteiger partial charge in [0.05, 0.1) is 12.1 Å². The first kappa shape index (κ1) is 17.0. The molecule has 3 heterocycles. The predicted molar refractivity (Wildman–Crippen MR) is 100 cm³/mol. The number of piperazine rings is 1. The summed E-state index contributed by atoms with van der Waals surface area (Å²) in [6.07, 6.45) is 1.76. The lowest BCUT2D eigenvalue weighted by atomic mass is 10.0. The lowest BCUT2D eigenvalue weighted by Crippen LogP contribution is -2.54. The van der Waals surface area contributed by atoms with E-state index in [1.165, 1.54) is 6.07 Å². The molecule has 3 aliphatic rings. The number of carbonyl (C=O) groups excluding carboxylic acids is 3. The van der Waals surface area contributed by atoms with Gasteiger partial charge in [0.2, 0.25) is 17.4 Å². The average molecular weight is 380 g/mol. The van der Waals surface area contributed by atoms with E-state index in [9.17, 15) is 19.2 Å². The largest absolute Gasteiger partial charge is 0.369 e. The summed E-state index contributed by atoms with van der Waals surface area (Å²) in [7, 11) is 0. The third kappa shape index (κ3) is 2.30. The maximum atomic E-state index is 13.2. The molecule has 1 aliphatic carbocycles. The van der Waals surface area contributed by atoms with Crippen LogP contribution in [0, 0.1) is 5.41 Å². The molecule has 0 radical (unpaired) electrons. The van der Waals surface area contributed by atoms with E-state index in [0.29, 0.717) is 48.8 Å². The number of pyridine rings is 1. The monoisotopic (exact) mass is 380 g/mol. The van der Waals surface area contributed by atoms with E-state index in [1.807, 2.05) is 0 Å². The van der Waals surface area contributed by atoms with Gasteiger partial charge in [0, 0.05) is 35.6 Å². The Morgan fingerprint density at radius 1 is 1.04 bits per heavy atom. The number of H-pyrrole nitrogens is 1. The van der Waals surface area contributed by atoms with Crippen LogP contribution in [0.3, 0.4) is 0 Å². The second-order valence-electron chi connectivity index (χ2n) is 7.99. The standard InChI is InChI=1S/C20H20N4O4/c21-18(27)20(6-7-20)19(28)24-10-11-8-12(24)9-23(11)17(26)14-2-1-3-15-13(14)4-5-16(25)22-15/h1-5,11-12H,6-10H2,(H2,21,27)(H,22,25)/t11-,12-/m0/s1. The lowest BCUT2D eigenvalue weighted by Gasteiger charge is -2.35. The predicted octanol–water partition coefficient (Wildman–Crippen LogP) is 0.219. The molecule has 1 aromatic carbocycles. The molecular formula is C20H20N4O4. The minimum Gasteiger partial charge on any atom is -0.369 e. The quantitative estimate of drug-likeness (QED) is 0.741. The number of primary amides is 1. The molecule has 3 fully saturated rings. The fourth-order valence-electron chi connectivity index (χ4n) is 4.66. The topological polar surface area (TPSA) is 117 Å². The summed E-state index contributed by atoms with van der Waals surface area (Å²) in [5, 5.41) is 0.702. The number of nitrogens with one attached hydrogen (secondary N) is 1. The molecule has 144 valence electrons. The van der Waals surface area contributed by atoms with Crippen LogP contribution < -0.4 is 11.3 Å². The molecule has 1 saturated carbocycles. The Bertz CT molecular complexity index is 1090. The third-order valence-electron chi connectivity index (χ3n) is 6.39. The summed E-state index contributed by atoms with van der Waals surface area (Å²) in [5.74, 6) is -0.825. The minimum atomic E-state index is -1.01. The molecule has 2 aliphatic heterocycles. The highest BCUT2D eigenvalue weighted by atomic mass is 16.2. The van der Waals surface area contributed by atoms with Crippen LogP contribution in [0.2, 0.25) is 0 Å². The minimum absolute atomic E-state index is 0.0665. The summed E-state index contributed by atoms with van der Waals surface area (Å²) in [5.41, 5.74) is 5.37. The van der Waals surface area contributed by atoms with Crippen molar-refractivity contribution in [2.24, 2.45) is 11.1 Å². The number of fused-ring (bicyclic) bond motifs is 3. The molecule has 2 saturated heterocycles. The van der Waals surface area contributed by atoms with Crippen molar-refractivity contribution >= 4 is 28.6 Å². The number of rotatable bonds is 3. The molecule has 1 aromatic heterocycles. The number of likely N-dealkylation sites (tertiary alicyclic amines) is 2. The Morgan fingerprint density at radius 3 is 2.39 bits per heavy atom. The van der Waals surface area contributed by atoms with Crippen LogP contribution in [-0.2, 0) is 9.59 Å². The van der Waals surface area contributed by atoms with Gasteiger partial charge in [-0.25, -0.2) is 0 Å². The fraction of sp³-hybridized carbons (Fsp3) is 0.400. The van der Waals surface area contributed by atoms with Crippen LogP contribution in [0.25, 0.3) is 10.9 Å². The molecule has 5 rings (SSSR count). The Kier molecular flexibility index (Phi) is 3.44. The molecule has 0 unspecified atom stereocenters. The number of benzene rings is 1. The number of nitrogens with two attached hydrogens (primary N) is 1. The maximum Gasteiger partial charge on any atom is 0.254 e. The highest BCUT2D eigenvalue weighted by Gasteiger charge is 2.60. The molecule has 3 N–H and O–H groups in total. The van der Waals surface area contributed by atoms with Gasteiger partial charge in [0.25, 0.3) is 5.91 Å². The molecule has 2 bridgehead atoms. The van der Waals surface area contributed by atoms with E-state index in [0.717, 1.165) is 0 Å². The van der Waals surface area contributed by atoms with E-state index in [2.05, 4.69) is 4.98 Å². The number of nitrogens with zero attached hydrogens (tertiary/aromatic N) is 2. The maximum absolute atomic E-state index is 13.2. The van der Waals surface area contributed by atoms with Gasteiger partial charge in [-0.3, -0.25) is 19.2 Å². The molecule has 3 amide bonds. The Hall–Kier alpha value is -3.16. The van der Waals surface area contributed by atoms with Gasteiger partial charge in [-0.2, -0.15) is 0 Å². The van der Waals surface area contributed by atoms with Crippen molar-refractivity contribution in [1.29, 1.82) is 0 Å². The highest BCUT2D eigenvalue weighted by Crippen LogP contribution is 2.49. The number of carbonyl (C=O) groups is 3. The van der Waals surface area contributed by atoms with Gasteiger partial charge in [0.15, 0.2) is 0 Å². The first-order valence-corrected chi connectivity index (χ1v) is 9.45. The zero-order valence-electron chi connectivity index (χ0n) is 15.2. The molecule has 8 nitrogen and oxygen atoms in total. The van der Waals surface area contributed by atoms with Crippen LogP contribution >= 0.6 is 0 Å². The molecule has 0 spiro atoms. The first-order chi connectivity index (χ1) is 13.4. The number of aromatic amines is 1. The SMILES string of the molecule is NC(=O)C1(C(=O)N2C[C@@H]3C[C@H]2CN3C(=O)c2cccc3[nH]c(=O)ccc23)CC1. The van der Waals surface area contributed by atoms with Crippen molar-refractivity contribution in [3.8, 4) is 0 Å². The van der Waals surface area contributed by atoms with Gasteiger partial charge >= 0.3 is 0 Å². The van der Waals surface area contributed by atoms with E-state index >= 15 is 0 Å². The average Bonchev–Trinajstić information content (AvgIpc) is 3.26. The molecule has 28 heavy (non-hydrogen) atoms. The molecule has 2 atom stereocenters. The Balaban J connectivity index is 1.38. The van der Waals surface area contributed by atoms with Crippen molar-refractivity contribution < 1.29 is 14.4 Å². The Morgan fingerprint density at radius 2 is 1.75 bits per heavy atom.